The van der Waals surface area contributed by atoms with Gasteiger partial charge in [-0.2, -0.15) is 0 Å². The van der Waals surface area contributed by atoms with Gasteiger partial charge in [0.1, 0.15) is 6.04 Å². The van der Waals surface area contributed by atoms with Gasteiger partial charge in [0.2, 0.25) is 5.91 Å². The third-order valence-electron chi connectivity index (χ3n) is 3.52. The lowest BCUT2D eigenvalue weighted by molar-refractivity contribution is -0.125. The summed E-state index contributed by atoms with van der Waals surface area (Å²) in [5.41, 5.74) is 1.85. The minimum atomic E-state index is -0.364. The Kier molecular flexibility index (Phi) is 4.83. The van der Waals surface area contributed by atoms with E-state index < -0.39 is 0 Å². The van der Waals surface area contributed by atoms with Gasteiger partial charge in [-0.1, -0.05) is 12.1 Å². The average molecular weight is 289 g/mol. The molecule has 3 amide bonds. The second kappa shape index (κ2) is 6.61. The van der Waals surface area contributed by atoms with Gasteiger partial charge in [-0.15, -0.1) is 0 Å². The van der Waals surface area contributed by atoms with Gasteiger partial charge >= 0.3 is 6.03 Å². The van der Waals surface area contributed by atoms with Gasteiger partial charge in [0.15, 0.2) is 0 Å². The van der Waals surface area contributed by atoms with Gasteiger partial charge in [0, 0.05) is 18.3 Å². The predicted octanol–water partition coefficient (Wildman–Crippen LogP) is 2.52. The van der Waals surface area contributed by atoms with E-state index in [9.17, 15) is 9.59 Å². The van der Waals surface area contributed by atoms with Crippen molar-refractivity contribution >= 4 is 17.6 Å². The molecule has 1 aromatic rings. The average Bonchev–Trinajstić information content (AvgIpc) is 2.87. The Balaban J connectivity index is 2.02. The SMILES string of the molecule is Cc1cccc(NC(=O)N2CCC[C@H]2C(=O)NC(C)C)c1. The molecule has 2 rings (SSSR count). The molecule has 0 aromatic heterocycles. The fourth-order valence-corrected chi connectivity index (χ4v) is 2.58. The highest BCUT2D eigenvalue weighted by molar-refractivity contribution is 5.94. The van der Waals surface area contributed by atoms with Crippen LogP contribution < -0.4 is 10.6 Å². The first kappa shape index (κ1) is 15.4. The van der Waals surface area contributed by atoms with E-state index in [-0.39, 0.29) is 24.0 Å². The molecular formula is C16H23N3O2. The van der Waals surface area contributed by atoms with E-state index in [4.69, 9.17) is 0 Å². The number of nitrogens with zero attached hydrogens (tertiary/aromatic N) is 1. The Hall–Kier alpha value is -2.04. The monoisotopic (exact) mass is 289 g/mol. The van der Waals surface area contributed by atoms with Crippen LogP contribution in [0.4, 0.5) is 10.5 Å². The smallest absolute Gasteiger partial charge is 0.322 e. The van der Waals surface area contributed by atoms with E-state index in [1.807, 2.05) is 45.0 Å². The van der Waals surface area contributed by atoms with E-state index in [0.717, 1.165) is 24.1 Å². The number of likely N-dealkylation sites (tertiary alicyclic amines) is 1. The second-order valence-corrected chi connectivity index (χ2v) is 5.81. The number of anilines is 1. The third-order valence-corrected chi connectivity index (χ3v) is 3.52. The predicted molar refractivity (Wildman–Crippen MR) is 83.2 cm³/mol. The van der Waals surface area contributed by atoms with Crippen LogP contribution in [0.25, 0.3) is 0 Å². The van der Waals surface area contributed by atoms with Crippen molar-refractivity contribution in [3.05, 3.63) is 29.8 Å². The van der Waals surface area contributed by atoms with Gasteiger partial charge in [-0.05, 0) is 51.3 Å². The van der Waals surface area contributed by atoms with Gasteiger partial charge in [0.05, 0.1) is 0 Å². The number of hydrogen-bond acceptors (Lipinski definition) is 2. The second-order valence-electron chi connectivity index (χ2n) is 5.81. The molecular weight excluding hydrogens is 266 g/mol. The molecule has 0 saturated carbocycles. The highest BCUT2D eigenvalue weighted by Gasteiger charge is 2.34. The first-order chi connectivity index (χ1) is 9.97. The minimum Gasteiger partial charge on any atom is -0.352 e. The largest absolute Gasteiger partial charge is 0.352 e. The fourth-order valence-electron chi connectivity index (χ4n) is 2.58. The normalized spacial score (nSPS) is 17.9. The molecule has 2 N–H and O–H groups in total. The quantitative estimate of drug-likeness (QED) is 0.898. The molecule has 1 atom stereocenters. The van der Waals surface area contributed by atoms with Crippen molar-refractivity contribution in [1.29, 1.82) is 0 Å². The molecule has 0 unspecified atom stereocenters. The van der Waals surface area contributed by atoms with E-state index >= 15 is 0 Å². The lowest BCUT2D eigenvalue weighted by Crippen LogP contribution is -2.48. The summed E-state index contributed by atoms with van der Waals surface area (Å²) in [7, 11) is 0. The molecule has 1 heterocycles. The first-order valence-corrected chi connectivity index (χ1v) is 7.42. The number of hydrogen-bond donors (Lipinski definition) is 2. The zero-order chi connectivity index (χ0) is 15.4. The summed E-state index contributed by atoms with van der Waals surface area (Å²) in [6.07, 6.45) is 1.58. The van der Waals surface area contributed by atoms with Crippen molar-refractivity contribution in [3.63, 3.8) is 0 Å². The zero-order valence-electron chi connectivity index (χ0n) is 12.8. The van der Waals surface area contributed by atoms with Gasteiger partial charge in [0.25, 0.3) is 0 Å². The summed E-state index contributed by atoms with van der Waals surface area (Å²) in [5, 5.41) is 5.75. The molecule has 1 aromatic carbocycles. The Morgan fingerprint density at radius 2 is 2.10 bits per heavy atom. The summed E-state index contributed by atoms with van der Waals surface area (Å²) in [6.45, 7) is 6.44. The van der Waals surface area contributed by atoms with Crippen molar-refractivity contribution < 1.29 is 9.59 Å². The van der Waals surface area contributed by atoms with Crippen LogP contribution in [0, 0.1) is 6.92 Å². The van der Waals surface area contributed by atoms with Crippen LogP contribution in [-0.4, -0.2) is 35.5 Å². The standard InChI is InChI=1S/C16H23N3O2/c1-11(2)17-15(20)14-8-5-9-19(14)16(21)18-13-7-4-6-12(3)10-13/h4,6-7,10-11,14H,5,8-9H2,1-3H3,(H,17,20)(H,18,21)/t14-/m0/s1. The summed E-state index contributed by atoms with van der Waals surface area (Å²) in [5.74, 6) is -0.0677. The third kappa shape index (κ3) is 3.97. The maximum absolute atomic E-state index is 12.4. The molecule has 0 bridgehead atoms. The van der Waals surface area contributed by atoms with Crippen molar-refractivity contribution in [2.24, 2.45) is 0 Å². The molecule has 114 valence electrons. The number of rotatable bonds is 3. The molecule has 1 aliphatic heterocycles. The molecule has 21 heavy (non-hydrogen) atoms. The van der Waals surface area contributed by atoms with Crippen LogP contribution in [0.15, 0.2) is 24.3 Å². The van der Waals surface area contributed by atoms with Crippen molar-refractivity contribution in [2.75, 3.05) is 11.9 Å². The maximum atomic E-state index is 12.4. The van der Waals surface area contributed by atoms with Crippen molar-refractivity contribution in [3.8, 4) is 0 Å². The number of amides is 3. The highest BCUT2D eigenvalue weighted by atomic mass is 16.2. The molecule has 0 aliphatic carbocycles. The maximum Gasteiger partial charge on any atom is 0.322 e. The van der Waals surface area contributed by atoms with E-state index in [1.54, 1.807) is 4.90 Å². The lowest BCUT2D eigenvalue weighted by Gasteiger charge is -2.25. The highest BCUT2D eigenvalue weighted by Crippen LogP contribution is 2.19. The van der Waals surface area contributed by atoms with Crippen molar-refractivity contribution in [2.45, 2.75) is 45.7 Å². The van der Waals surface area contributed by atoms with Crippen LogP contribution in [0.1, 0.15) is 32.3 Å². The minimum absolute atomic E-state index is 0.0677. The Morgan fingerprint density at radius 3 is 2.76 bits per heavy atom. The number of carbonyl (C=O) groups excluding carboxylic acids is 2. The topological polar surface area (TPSA) is 61.4 Å². The Bertz CT molecular complexity index is 528. The van der Waals surface area contributed by atoms with Crippen LogP contribution in [-0.2, 0) is 4.79 Å². The first-order valence-electron chi connectivity index (χ1n) is 7.42. The molecule has 1 aliphatic rings. The number of nitrogens with one attached hydrogen (secondary N) is 2. The summed E-state index contributed by atoms with van der Waals surface area (Å²) in [6, 6.07) is 7.16. The Morgan fingerprint density at radius 1 is 1.33 bits per heavy atom. The van der Waals surface area contributed by atoms with Gasteiger partial charge in [-0.25, -0.2) is 4.79 Å². The summed E-state index contributed by atoms with van der Waals surface area (Å²) >= 11 is 0. The number of aryl methyl sites for hydroxylation is 1. The summed E-state index contributed by atoms with van der Waals surface area (Å²) < 4.78 is 0. The van der Waals surface area contributed by atoms with Crippen LogP contribution in [0.5, 0.6) is 0 Å². The van der Waals surface area contributed by atoms with E-state index in [2.05, 4.69) is 10.6 Å². The Labute approximate surface area is 125 Å². The van der Waals surface area contributed by atoms with Crippen LogP contribution >= 0.6 is 0 Å². The molecule has 0 spiro atoms. The fraction of sp³-hybridized carbons (Fsp3) is 0.500. The molecule has 5 nitrogen and oxygen atoms in total. The molecule has 5 heteroatoms. The summed E-state index contributed by atoms with van der Waals surface area (Å²) in [4.78, 5) is 26.1. The number of urea groups is 1. The van der Waals surface area contributed by atoms with Gasteiger partial charge < -0.3 is 15.5 Å². The zero-order valence-corrected chi connectivity index (χ0v) is 12.8. The van der Waals surface area contributed by atoms with Crippen LogP contribution in [0.2, 0.25) is 0 Å². The van der Waals surface area contributed by atoms with E-state index in [0.29, 0.717) is 6.54 Å². The number of carbonyl (C=O) groups is 2. The molecule has 0 radical (unpaired) electrons. The molecule has 1 saturated heterocycles. The molecule has 1 fully saturated rings. The van der Waals surface area contributed by atoms with Gasteiger partial charge in [-0.3, -0.25) is 4.79 Å². The van der Waals surface area contributed by atoms with Crippen LogP contribution in [0.3, 0.4) is 0 Å². The lowest BCUT2D eigenvalue weighted by atomic mass is 10.2. The van der Waals surface area contributed by atoms with E-state index in [1.165, 1.54) is 0 Å². The number of benzene rings is 1. The van der Waals surface area contributed by atoms with Crippen molar-refractivity contribution in [1.82, 2.24) is 10.2 Å².